The molecule has 7 aliphatic rings. The second-order valence-corrected chi connectivity index (χ2v) is 11.7. The van der Waals surface area contributed by atoms with Crippen LogP contribution in [0.5, 0.6) is 0 Å². The van der Waals surface area contributed by atoms with E-state index in [4.69, 9.17) is 0 Å². The van der Waals surface area contributed by atoms with Crippen LogP contribution in [0.15, 0.2) is 0 Å². The van der Waals surface area contributed by atoms with Crippen LogP contribution in [-0.4, -0.2) is 68.6 Å². The molecule has 28 heavy (non-hydrogen) atoms. The standard InChI is InChI=1S/C22H35NO5/c1-3-23(28)10-19(2)6-5-16(25)22-14(19)9-13(17(22)23)20-7-4-12(8-15(20)22)21(27,11-24)18(20)26/h12-18,24-27H,3-11H2,1-2H3/t12?,13-,14-,15?,16?,17?,18?,19?,20+,21?,22?,23-/m1/s1. The number of aliphatic hydroxyl groups excluding tert-OH is 3. The fourth-order valence-electron chi connectivity index (χ4n) is 10.7. The molecule has 6 heteroatoms. The average Bonchev–Trinajstić information content (AvgIpc) is 3.16. The molecule has 7 rings (SSSR count). The SMILES string of the molecule is CC[N@@+]1([O-])CC2(C)CCC(O)C34C5CC6CC[C@]5(C(O)C6(O)CO)[C@H](C[C@H]23)C41. The lowest BCUT2D eigenvalue weighted by Gasteiger charge is -2.70. The molecule has 0 aromatic rings. The van der Waals surface area contributed by atoms with Crippen LogP contribution < -0.4 is 0 Å². The normalized spacial score (nSPS) is 68.9. The summed E-state index contributed by atoms with van der Waals surface area (Å²) in [6.45, 7) is 4.96. The van der Waals surface area contributed by atoms with Gasteiger partial charge in [0.05, 0.1) is 37.3 Å². The molecule has 7 bridgehead atoms. The van der Waals surface area contributed by atoms with Crippen molar-refractivity contribution in [1.82, 2.24) is 0 Å². The van der Waals surface area contributed by atoms with Crippen LogP contribution in [0.4, 0.5) is 0 Å². The van der Waals surface area contributed by atoms with Gasteiger partial charge in [-0.05, 0) is 63.2 Å². The van der Waals surface area contributed by atoms with Gasteiger partial charge in [-0.3, -0.25) is 0 Å². The highest BCUT2D eigenvalue weighted by atomic mass is 16.5. The van der Waals surface area contributed by atoms with E-state index >= 15 is 0 Å². The van der Waals surface area contributed by atoms with Crippen molar-refractivity contribution in [2.75, 3.05) is 19.7 Å². The van der Waals surface area contributed by atoms with Crippen molar-refractivity contribution in [3.05, 3.63) is 5.21 Å². The largest absolute Gasteiger partial charge is 0.633 e. The van der Waals surface area contributed by atoms with E-state index in [0.717, 1.165) is 38.5 Å². The van der Waals surface area contributed by atoms with Crippen molar-refractivity contribution in [3.63, 3.8) is 0 Å². The van der Waals surface area contributed by atoms with Gasteiger partial charge in [-0.15, -0.1) is 0 Å². The number of nitrogens with zero attached hydrogens (tertiary/aromatic N) is 1. The number of piperidine rings is 1. The smallest absolute Gasteiger partial charge is 0.117 e. The summed E-state index contributed by atoms with van der Waals surface area (Å²) in [5.41, 5.74) is -2.46. The number of quaternary nitrogens is 1. The number of aliphatic hydroxyl groups is 4. The van der Waals surface area contributed by atoms with Crippen molar-refractivity contribution in [2.24, 2.45) is 39.9 Å². The van der Waals surface area contributed by atoms with E-state index in [-0.39, 0.29) is 33.9 Å². The Morgan fingerprint density at radius 3 is 2.54 bits per heavy atom. The molecule has 1 aliphatic heterocycles. The van der Waals surface area contributed by atoms with Gasteiger partial charge >= 0.3 is 0 Å². The summed E-state index contributed by atoms with van der Waals surface area (Å²) in [7, 11) is 0. The number of likely N-dealkylation sites (tertiary alicyclic amines) is 1. The summed E-state index contributed by atoms with van der Waals surface area (Å²) in [5, 5.41) is 58.5. The lowest BCUT2D eigenvalue weighted by atomic mass is 9.38. The monoisotopic (exact) mass is 393 g/mol. The van der Waals surface area contributed by atoms with Gasteiger partial charge < -0.3 is 30.3 Å². The topological polar surface area (TPSA) is 104 Å². The third-order valence-electron chi connectivity index (χ3n) is 11.4. The maximum atomic E-state index is 14.3. The Labute approximate surface area is 166 Å². The minimum atomic E-state index is -1.46. The zero-order chi connectivity index (χ0) is 19.9. The number of fused-ring (bicyclic) bond motifs is 2. The molecule has 158 valence electrons. The van der Waals surface area contributed by atoms with Gasteiger partial charge in [0.15, 0.2) is 0 Å². The molecule has 6 nitrogen and oxygen atoms in total. The van der Waals surface area contributed by atoms with E-state index in [1.54, 1.807) is 0 Å². The molecule has 1 saturated heterocycles. The van der Waals surface area contributed by atoms with E-state index in [1.165, 1.54) is 0 Å². The second kappa shape index (κ2) is 4.97. The number of hydroxylamine groups is 3. The summed E-state index contributed by atoms with van der Waals surface area (Å²) < 4.78 is -0.248. The Kier molecular flexibility index (Phi) is 3.29. The van der Waals surface area contributed by atoms with Gasteiger partial charge in [-0.1, -0.05) is 6.92 Å². The molecular formula is C22H35NO5. The molecule has 7 fully saturated rings. The van der Waals surface area contributed by atoms with Crippen molar-refractivity contribution in [2.45, 2.75) is 76.2 Å². The third kappa shape index (κ3) is 1.53. The zero-order valence-electron chi connectivity index (χ0n) is 17.0. The van der Waals surface area contributed by atoms with Crippen LogP contribution in [-0.2, 0) is 0 Å². The summed E-state index contributed by atoms with van der Waals surface area (Å²) in [6, 6.07) is -0.176. The Morgan fingerprint density at radius 1 is 1.11 bits per heavy atom. The second-order valence-electron chi connectivity index (χ2n) is 11.7. The summed E-state index contributed by atoms with van der Waals surface area (Å²) >= 11 is 0. The summed E-state index contributed by atoms with van der Waals surface area (Å²) in [6.07, 6.45) is 3.40. The molecule has 1 heterocycles. The number of rotatable bonds is 2. The van der Waals surface area contributed by atoms with Crippen LogP contribution in [0.3, 0.4) is 0 Å². The van der Waals surface area contributed by atoms with Crippen LogP contribution in [0.25, 0.3) is 0 Å². The maximum absolute atomic E-state index is 14.3. The van der Waals surface area contributed by atoms with Crippen LogP contribution >= 0.6 is 0 Å². The fourth-order valence-corrected chi connectivity index (χ4v) is 10.7. The van der Waals surface area contributed by atoms with E-state index in [2.05, 4.69) is 6.92 Å². The molecule has 6 saturated carbocycles. The predicted octanol–water partition coefficient (Wildman–Crippen LogP) is 1.00. The highest BCUT2D eigenvalue weighted by molar-refractivity contribution is 5.33. The van der Waals surface area contributed by atoms with E-state index in [0.29, 0.717) is 19.0 Å². The Balaban J connectivity index is 1.60. The van der Waals surface area contributed by atoms with Crippen LogP contribution in [0.1, 0.15) is 52.4 Å². The molecule has 0 aromatic heterocycles. The quantitative estimate of drug-likeness (QED) is 0.414. The lowest BCUT2D eigenvalue weighted by molar-refractivity contribution is -0.927. The first-order chi connectivity index (χ1) is 13.1. The number of hydrogen-bond acceptors (Lipinski definition) is 5. The van der Waals surface area contributed by atoms with E-state index in [9.17, 15) is 25.6 Å². The van der Waals surface area contributed by atoms with Crippen LogP contribution in [0.2, 0.25) is 0 Å². The molecule has 12 atom stereocenters. The van der Waals surface area contributed by atoms with Crippen LogP contribution in [0, 0.1) is 45.1 Å². The Bertz CT molecular complexity index is 734. The molecule has 0 radical (unpaired) electrons. The summed E-state index contributed by atoms with van der Waals surface area (Å²) in [5.74, 6) is 0.311. The minimum Gasteiger partial charge on any atom is -0.633 e. The molecular weight excluding hydrogens is 358 g/mol. The van der Waals surface area contributed by atoms with Gasteiger partial charge in [0.1, 0.15) is 11.6 Å². The summed E-state index contributed by atoms with van der Waals surface area (Å²) in [4.78, 5) is 0. The van der Waals surface area contributed by atoms with Crippen molar-refractivity contribution >= 4 is 0 Å². The molecule has 8 unspecified atom stereocenters. The van der Waals surface area contributed by atoms with Crippen molar-refractivity contribution < 1.29 is 25.1 Å². The molecule has 4 N–H and O–H groups in total. The molecule has 6 aliphatic carbocycles. The fraction of sp³-hybridized carbons (Fsp3) is 1.00. The minimum absolute atomic E-state index is 0.0313. The maximum Gasteiger partial charge on any atom is 0.117 e. The average molecular weight is 394 g/mol. The first-order valence-electron chi connectivity index (χ1n) is 11.4. The van der Waals surface area contributed by atoms with Crippen molar-refractivity contribution in [3.8, 4) is 0 Å². The van der Waals surface area contributed by atoms with E-state index < -0.39 is 35.2 Å². The predicted molar refractivity (Wildman–Crippen MR) is 102 cm³/mol. The van der Waals surface area contributed by atoms with Gasteiger partial charge in [-0.25, -0.2) is 0 Å². The van der Waals surface area contributed by atoms with Gasteiger partial charge in [0.25, 0.3) is 0 Å². The van der Waals surface area contributed by atoms with Crippen molar-refractivity contribution in [1.29, 1.82) is 0 Å². The number of hydrogen-bond donors (Lipinski definition) is 4. The lowest BCUT2D eigenvalue weighted by Crippen LogP contribution is -2.75. The van der Waals surface area contributed by atoms with Gasteiger partial charge in [0.2, 0.25) is 0 Å². The molecule has 0 aromatic carbocycles. The first-order valence-corrected chi connectivity index (χ1v) is 11.4. The highest BCUT2D eigenvalue weighted by Gasteiger charge is 2.88. The van der Waals surface area contributed by atoms with E-state index in [1.807, 2.05) is 6.92 Å². The highest BCUT2D eigenvalue weighted by Crippen LogP contribution is 2.84. The molecule has 2 spiro atoms. The van der Waals surface area contributed by atoms with Gasteiger partial charge in [0, 0.05) is 16.7 Å². The Hall–Kier alpha value is -0.240. The molecule has 0 amide bonds. The Morgan fingerprint density at radius 2 is 1.86 bits per heavy atom. The first kappa shape index (κ1) is 18.5. The van der Waals surface area contributed by atoms with Gasteiger partial charge in [-0.2, -0.15) is 0 Å². The third-order valence-corrected chi connectivity index (χ3v) is 11.4. The zero-order valence-corrected chi connectivity index (χ0v) is 17.0.